The fourth-order valence-corrected chi connectivity index (χ4v) is 5.15. The van der Waals surface area contributed by atoms with Gasteiger partial charge in [0.1, 0.15) is 30.1 Å². The average molecular weight is 622 g/mol. The Balaban J connectivity index is 1.43. The lowest BCUT2D eigenvalue weighted by molar-refractivity contribution is -0.340. The first-order valence-corrected chi connectivity index (χ1v) is 14.4. The number of benzene rings is 3. The summed E-state index contributed by atoms with van der Waals surface area (Å²) in [7, 11) is 0. The number of carbonyl (C=O) groups is 3. The van der Waals surface area contributed by atoms with Crippen LogP contribution >= 0.6 is 11.6 Å². The van der Waals surface area contributed by atoms with E-state index in [1.807, 2.05) is 30.3 Å². The molecule has 2 N–H and O–H groups in total. The summed E-state index contributed by atoms with van der Waals surface area (Å²) in [5.74, 6) is -1.46. The lowest BCUT2D eigenvalue weighted by Crippen LogP contribution is -2.68. The van der Waals surface area contributed by atoms with Crippen molar-refractivity contribution in [1.82, 2.24) is 5.32 Å². The Morgan fingerprint density at radius 1 is 1.00 bits per heavy atom. The minimum atomic E-state index is -1.23. The largest absolute Gasteiger partial charge is 0.479 e. The van der Waals surface area contributed by atoms with E-state index < -0.39 is 54.9 Å². The van der Waals surface area contributed by atoms with Crippen LogP contribution in [0.1, 0.15) is 41.6 Å². The number of halogens is 1. The summed E-state index contributed by atoms with van der Waals surface area (Å²) >= 11 is 5.94. The van der Waals surface area contributed by atoms with Gasteiger partial charge in [-0.05, 0) is 49.4 Å². The Morgan fingerprint density at radius 3 is 2.41 bits per heavy atom. The summed E-state index contributed by atoms with van der Waals surface area (Å²) in [6.07, 6.45) is -2.60. The van der Waals surface area contributed by atoms with Gasteiger partial charge in [-0.3, -0.25) is 9.59 Å². The van der Waals surface area contributed by atoms with E-state index in [2.05, 4.69) is 5.32 Å². The van der Waals surface area contributed by atoms with Crippen molar-refractivity contribution < 1.29 is 43.2 Å². The van der Waals surface area contributed by atoms with Crippen LogP contribution in [0.25, 0.3) is 6.08 Å². The third-order valence-electron chi connectivity index (χ3n) is 7.19. The molecular weight excluding hydrogens is 590 g/mol. The molecule has 7 unspecified atom stereocenters. The first kappa shape index (κ1) is 31.4. The van der Waals surface area contributed by atoms with Crippen molar-refractivity contribution in [2.45, 2.75) is 56.9 Å². The number of allylic oxidation sites excluding steroid dienone is 1. The molecule has 1 amide bonds. The number of hydrogen-bond donors (Lipinski definition) is 2. The number of ether oxygens (including phenoxy) is 5. The number of carbonyl (C=O) groups excluding carboxylic acids is 2. The van der Waals surface area contributed by atoms with Crippen LogP contribution in [0.2, 0.25) is 5.02 Å². The summed E-state index contributed by atoms with van der Waals surface area (Å²) in [4.78, 5) is 37.0. The standard InChI is InChI=1S/C33H32ClNO9/c1-19(31(38)39)41-30-28(35-20(2)36)33(43-27-18-40-32(44-29(27)30)23-9-4-3-5-10-23)42-26-11-7-6-8-22(26)14-17-25(37)21-12-15-24(34)16-13-21/h3-17,19,27-30,32-33H,18H2,1-2H3,(H,35,36)(H,38,39)/b17-14+. The topological polar surface area (TPSA) is 130 Å². The molecule has 44 heavy (non-hydrogen) atoms. The van der Waals surface area contributed by atoms with Crippen molar-refractivity contribution in [3.63, 3.8) is 0 Å². The summed E-state index contributed by atoms with van der Waals surface area (Å²) in [5.41, 5.74) is 1.80. The Labute approximate surface area is 259 Å². The van der Waals surface area contributed by atoms with Crippen molar-refractivity contribution in [1.29, 1.82) is 0 Å². The number of aliphatic carboxylic acids is 1. The minimum absolute atomic E-state index is 0.0926. The van der Waals surface area contributed by atoms with Gasteiger partial charge in [0.2, 0.25) is 12.2 Å². The molecule has 2 aliphatic heterocycles. The molecule has 0 bridgehead atoms. The van der Waals surface area contributed by atoms with Crippen molar-refractivity contribution in [2.75, 3.05) is 6.61 Å². The van der Waals surface area contributed by atoms with Gasteiger partial charge in [0.15, 0.2) is 18.2 Å². The zero-order chi connectivity index (χ0) is 31.2. The van der Waals surface area contributed by atoms with Gasteiger partial charge in [0.05, 0.1) is 6.61 Å². The minimum Gasteiger partial charge on any atom is -0.479 e. The van der Waals surface area contributed by atoms with Crippen molar-refractivity contribution in [3.8, 4) is 5.75 Å². The van der Waals surface area contributed by atoms with Crippen LogP contribution in [0.3, 0.4) is 0 Å². The van der Waals surface area contributed by atoms with Crippen LogP contribution < -0.4 is 10.1 Å². The van der Waals surface area contributed by atoms with Crippen LogP contribution in [0.4, 0.5) is 0 Å². The highest BCUT2D eigenvalue weighted by Gasteiger charge is 2.53. The molecule has 0 saturated carbocycles. The molecule has 3 aromatic carbocycles. The molecular formula is C33H32ClNO9. The second-order valence-electron chi connectivity index (χ2n) is 10.4. The van der Waals surface area contributed by atoms with E-state index in [0.717, 1.165) is 5.56 Å². The predicted octanol–water partition coefficient (Wildman–Crippen LogP) is 4.82. The number of nitrogens with one attached hydrogen (secondary N) is 1. The fourth-order valence-electron chi connectivity index (χ4n) is 5.02. The molecule has 3 aromatic rings. The maximum atomic E-state index is 12.8. The fraction of sp³-hybridized carbons (Fsp3) is 0.303. The van der Waals surface area contributed by atoms with E-state index in [4.69, 9.17) is 35.3 Å². The number of fused-ring (bicyclic) bond motifs is 1. The molecule has 0 spiro atoms. The maximum absolute atomic E-state index is 12.8. The summed E-state index contributed by atoms with van der Waals surface area (Å²) in [5, 5.41) is 13.0. The van der Waals surface area contributed by atoms with Crippen molar-refractivity contribution in [2.24, 2.45) is 0 Å². The zero-order valence-corrected chi connectivity index (χ0v) is 24.8. The van der Waals surface area contributed by atoms with Crippen LogP contribution in [-0.4, -0.2) is 66.1 Å². The monoisotopic (exact) mass is 621 g/mol. The van der Waals surface area contributed by atoms with E-state index in [1.54, 1.807) is 54.6 Å². The van der Waals surface area contributed by atoms with Crippen LogP contribution in [0, 0.1) is 0 Å². The number of ketones is 1. The van der Waals surface area contributed by atoms with E-state index >= 15 is 0 Å². The molecule has 0 aliphatic carbocycles. The lowest BCUT2D eigenvalue weighted by atomic mass is 9.95. The molecule has 2 aliphatic rings. The van der Waals surface area contributed by atoms with Crippen molar-refractivity contribution >= 4 is 35.3 Å². The van der Waals surface area contributed by atoms with Gasteiger partial charge < -0.3 is 34.1 Å². The number of para-hydroxylation sites is 1. The highest BCUT2D eigenvalue weighted by Crippen LogP contribution is 2.37. The van der Waals surface area contributed by atoms with Crippen LogP contribution in [-0.2, 0) is 28.5 Å². The molecule has 2 saturated heterocycles. The second-order valence-corrected chi connectivity index (χ2v) is 10.8. The quantitative estimate of drug-likeness (QED) is 0.242. The van der Waals surface area contributed by atoms with Gasteiger partial charge in [-0.2, -0.15) is 0 Å². The average Bonchev–Trinajstić information content (AvgIpc) is 3.02. The third kappa shape index (κ3) is 7.53. The molecule has 2 fully saturated rings. The number of carboxylic acid groups (broad SMARTS) is 1. The van der Waals surface area contributed by atoms with Gasteiger partial charge in [-0.15, -0.1) is 0 Å². The molecule has 0 radical (unpaired) electrons. The summed E-state index contributed by atoms with van der Waals surface area (Å²) < 4.78 is 30.9. The maximum Gasteiger partial charge on any atom is 0.332 e. The van der Waals surface area contributed by atoms with Gasteiger partial charge in [0.25, 0.3) is 0 Å². The SMILES string of the molecule is CC(=O)NC1C(Oc2ccccc2/C=C/C(=O)c2ccc(Cl)cc2)OC2COC(c3ccccc3)OC2C1OC(C)C(=O)O. The van der Waals surface area contributed by atoms with E-state index in [0.29, 0.717) is 21.9 Å². The molecule has 10 nitrogen and oxygen atoms in total. The first-order valence-electron chi connectivity index (χ1n) is 14.1. The molecule has 11 heteroatoms. The van der Waals surface area contributed by atoms with Gasteiger partial charge in [0, 0.05) is 28.6 Å². The van der Waals surface area contributed by atoms with Crippen LogP contribution in [0.15, 0.2) is 84.9 Å². The van der Waals surface area contributed by atoms with Gasteiger partial charge >= 0.3 is 5.97 Å². The molecule has 230 valence electrons. The van der Waals surface area contributed by atoms with E-state index in [1.165, 1.54) is 19.9 Å². The highest BCUT2D eigenvalue weighted by molar-refractivity contribution is 6.30. The Bertz CT molecular complexity index is 1500. The third-order valence-corrected chi connectivity index (χ3v) is 7.45. The zero-order valence-electron chi connectivity index (χ0n) is 24.0. The smallest absolute Gasteiger partial charge is 0.332 e. The Morgan fingerprint density at radius 2 is 1.70 bits per heavy atom. The number of rotatable bonds is 10. The van der Waals surface area contributed by atoms with Crippen molar-refractivity contribution in [3.05, 3.63) is 107 Å². The molecule has 5 rings (SSSR count). The summed E-state index contributed by atoms with van der Waals surface area (Å²) in [6.45, 7) is 2.83. The molecule has 2 heterocycles. The van der Waals surface area contributed by atoms with E-state index in [-0.39, 0.29) is 12.4 Å². The Hall–Kier alpha value is -4.06. The Kier molecular flexibility index (Phi) is 10.1. The first-order chi connectivity index (χ1) is 21.2. The van der Waals surface area contributed by atoms with Gasteiger partial charge in [-0.1, -0.05) is 60.1 Å². The van der Waals surface area contributed by atoms with Gasteiger partial charge in [-0.25, -0.2) is 4.79 Å². The highest BCUT2D eigenvalue weighted by atomic mass is 35.5. The lowest BCUT2D eigenvalue weighted by Gasteiger charge is -2.49. The summed E-state index contributed by atoms with van der Waals surface area (Å²) in [6, 6.07) is 21.8. The molecule has 7 atom stereocenters. The molecule has 0 aromatic heterocycles. The number of hydrogen-bond acceptors (Lipinski definition) is 8. The van der Waals surface area contributed by atoms with Crippen LogP contribution in [0.5, 0.6) is 5.75 Å². The van der Waals surface area contributed by atoms with E-state index in [9.17, 15) is 19.5 Å². The predicted molar refractivity (Wildman–Crippen MR) is 160 cm³/mol. The number of amides is 1. The normalized spacial score (nSPS) is 25.5. The second kappa shape index (κ2) is 14.1. The number of carboxylic acids is 1.